The standard InChI is InChI=1S/C35H35Cl2N3O8S/c1-45-28-8-6-21(14-30(28)46-2)29(15-23-24(36)16-38-17-25(23)37)47-34(43)32-9-7-22(49-32)18-40(33-26(41)4-3-5-27(33)42)35(44)48-31-19-39-12-10-20(31)11-13-39/h3-9,14,16-17,20,29,31,41-42H,10-13,15,18-19H2,1-2H3/p+1/t29-,31-/m0/s1. The molecule has 2 atom stereocenters. The number of pyridine rings is 1. The quantitative estimate of drug-likeness (QED) is 0.163. The van der Waals surface area contributed by atoms with E-state index in [0.717, 1.165) is 37.3 Å². The summed E-state index contributed by atoms with van der Waals surface area (Å²) < 4.78 is 22.9. The summed E-state index contributed by atoms with van der Waals surface area (Å²) in [5.41, 5.74) is 1.13. The summed E-state index contributed by atoms with van der Waals surface area (Å²) in [5, 5.41) is 22.2. The number of halogens is 2. The number of hydrogen-bond donors (Lipinski definition) is 2. The van der Waals surface area contributed by atoms with Gasteiger partial charge in [-0.15, -0.1) is 11.3 Å². The lowest BCUT2D eigenvalue weighted by Crippen LogP contribution is -2.53. The van der Waals surface area contributed by atoms with Crippen molar-refractivity contribution in [3.63, 3.8) is 0 Å². The van der Waals surface area contributed by atoms with E-state index in [4.69, 9.17) is 42.1 Å². The molecule has 2 bridgehead atoms. The number of carbonyl (C=O) groups is 2. The van der Waals surface area contributed by atoms with E-state index in [1.165, 1.54) is 37.3 Å². The van der Waals surface area contributed by atoms with E-state index in [9.17, 15) is 19.8 Å². The molecule has 3 aliphatic heterocycles. The predicted octanol–water partition coefficient (Wildman–Crippen LogP) is 6.68. The molecule has 5 heterocycles. The van der Waals surface area contributed by atoms with E-state index in [2.05, 4.69) is 9.88 Å². The third kappa shape index (κ3) is 7.67. The molecule has 49 heavy (non-hydrogen) atoms. The zero-order valence-corrected chi connectivity index (χ0v) is 29.2. The number of H-pyrrole nitrogens is 1. The Hall–Kier alpha value is -4.23. The number of para-hydroxylation sites is 1. The van der Waals surface area contributed by atoms with E-state index in [1.54, 1.807) is 42.7 Å². The molecule has 14 heteroatoms. The highest BCUT2D eigenvalue weighted by Crippen LogP contribution is 2.40. The number of nitrogens with zero attached hydrogens (tertiary/aromatic N) is 2. The topological polar surface area (TPSA) is 132 Å². The number of piperidine rings is 3. The van der Waals surface area contributed by atoms with E-state index < -0.39 is 18.2 Å². The smallest absolute Gasteiger partial charge is 0.415 e. The Kier molecular flexibility index (Phi) is 10.7. The number of esters is 1. The number of methoxy groups -OCH3 is 2. The second-order valence-electron chi connectivity index (χ2n) is 11.9. The molecule has 0 aliphatic carbocycles. The molecule has 3 N–H and O–H groups in total. The molecule has 0 spiro atoms. The van der Waals surface area contributed by atoms with Crippen molar-refractivity contribution >= 4 is 52.3 Å². The largest absolute Gasteiger partial charge is 0.506 e. The van der Waals surface area contributed by atoms with Gasteiger partial charge in [0.2, 0.25) is 0 Å². The van der Waals surface area contributed by atoms with Gasteiger partial charge < -0.3 is 29.2 Å². The van der Waals surface area contributed by atoms with E-state index in [-0.39, 0.29) is 47.1 Å². The maximum atomic E-state index is 13.7. The summed E-state index contributed by atoms with van der Waals surface area (Å²) in [4.78, 5) is 34.6. The van der Waals surface area contributed by atoms with E-state index >= 15 is 0 Å². The molecule has 4 aromatic rings. The average Bonchev–Trinajstić information content (AvgIpc) is 3.58. The van der Waals surface area contributed by atoms with Crippen LogP contribution in [0, 0.1) is 5.92 Å². The summed E-state index contributed by atoms with van der Waals surface area (Å²) in [6.45, 7) is 2.53. The van der Waals surface area contributed by atoms with Crippen molar-refractivity contribution in [3.05, 3.63) is 91.9 Å². The van der Waals surface area contributed by atoms with Gasteiger partial charge in [-0.3, -0.25) is 9.80 Å². The second kappa shape index (κ2) is 15.1. The minimum absolute atomic E-state index is 0.0753. The molecular weight excluding hydrogens is 693 g/mol. The van der Waals surface area contributed by atoms with Crippen molar-refractivity contribution in [2.75, 3.05) is 38.8 Å². The summed E-state index contributed by atoms with van der Waals surface area (Å²) in [7, 11) is 3.05. The first-order valence-corrected chi connectivity index (χ1v) is 17.3. The lowest BCUT2D eigenvalue weighted by molar-refractivity contribution is -0.377. The Bertz CT molecular complexity index is 1790. The Morgan fingerprint density at radius 1 is 1.00 bits per heavy atom. The molecule has 1 amide bonds. The first kappa shape index (κ1) is 34.6. The minimum atomic E-state index is -0.818. The predicted molar refractivity (Wildman–Crippen MR) is 184 cm³/mol. The fraction of sp³-hybridized carbons (Fsp3) is 0.343. The van der Waals surface area contributed by atoms with Crippen LogP contribution in [0.1, 0.15) is 44.6 Å². The average molecular weight is 730 g/mol. The Balaban J connectivity index is 1.25. The lowest BCUT2D eigenvalue weighted by atomic mass is 9.86. The number of aromatic nitrogens is 1. The zero-order chi connectivity index (χ0) is 34.7. The molecule has 0 saturated carbocycles. The van der Waals surface area contributed by atoms with E-state index in [0.29, 0.717) is 44.1 Å². The second-order valence-corrected chi connectivity index (χ2v) is 13.9. The number of thiophene rings is 1. The highest BCUT2D eigenvalue weighted by atomic mass is 35.5. The number of hydrogen-bond acceptors (Lipinski definition) is 10. The summed E-state index contributed by atoms with van der Waals surface area (Å²) in [6.07, 6.45) is 3.43. The molecule has 3 saturated heterocycles. The lowest BCUT2D eigenvalue weighted by Gasteiger charge is -2.44. The van der Waals surface area contributed by atoms with Crippen molar-refractivity contribution in [1.82, 2.24) is 4.90 Å². The van der Waals surface area contributed by atoms with Crippen LogP contribution in [0.4, 0.5) is 10.5 Å². The number of rotatable bonds is 11. The van der Waals surface area contributed by atoms with Gasteiger partial charge in [0.05, 0.1) is 20.8 Å². The van der Waals surface area contributed by atoms with E-state index in [1.807, 2.05) is 0 Å². The number of fused-ring (bicyclic) bond motifs is 3. The number of aromatic hydroxyl groups is 2. The molecule has 7 rings (SSSR count). The van der Waals surface area contributed by atoms with Crippen molar-refractivity contribution in [2.24, 2.45) is 5.92 Å². The van der Waals surface area contributed by atoms with Gasteiger partial charge in [-0.05, 0) is 73.8 Å². The Labute approximate surface area is 297 Å². The number of anilines is 1. The number of phenolic OH excluding ortho intramolecular Hbond substituents is 2. The maximum Gasteiger partial charge on any atom is 0.415 e. The highest BCUT2D eigenvalue weighted by Gasteiger charge is 2.38. The Morgan fingerprint density at radius 2 is 1.69 bits per heavy atom. The van der Waals surface area contributed by atoms with Gasteiger partial charge in [0.15, 0.2) is 23.9 Å². The monoisotopic (exact) mass is 728 g/mol. The van der Waals surface area contributed by atoms with Gasteiger partial charge in [-0.2, -0.15) is 0 Å². The van der Waals surface area contributed by atoms with Gasteiger partial charge in [0, 0.05) is 23.4 Å². The summed E-state index contributed by atoms with van der Waals surface area (Å²) in [5.74, 6) is 0.0468. The van der Waals surface area contributed by atoms with Crippen LogP contribution in [0.15, 0.2) is 60.9 Å². The molecule has 3 fully saturated rings. The van der Waals surface area contributed by atoms with Crippen molar-refractivity contribution in [2.45, 2.75) is 38.0 Å². The summed E-state index contributed by atoms with van der Waals surface area (Å²) >= 11 is 14.1. The minimum Gasteiger partial charge on any atom is -0.506 e. The number of ether oxygens (including phenoxy) is 4. The van der Waals surface area contributed by atoms with Crippen LogP contribution in [0.25, 0.3) is 0 Å². The number of carbonyl (C=O) groups excluding carboxylic acids is 2. The fourth-order valence-electron chi connectivity index (χ4n) is 6.32. The molecule has 11 nitrogen and oxygen atoms in total. The first-order chi connectivity index (χ1) is 23.6. The summed E-state index contributed by atoms with van der Waals surface area (Å²) in [6, 6.07) is 12.8. The van der Waals surface area contributed by atoms with Crippen LogP contribution in [0.2, 0.25) is 10.0 Å². The van der Waals surface area contributed by atoms with Crippen LogP contribution in [0.5, 0.6) is 23.0 Å². The molecule has 2 aromatic carbocycles. The molecular formula is C35H36Cl2N3O8S+. The SMILES string of the molecule is COc1ccc([C@H](Cc2c(Cl)c[nH+]cc2Cl)OC(=O)c2ccc(CN(C(=O)O[C@H]3CN4CCC3CC4)c3c(O)cccc3O)s2)cc1OC. The number of phenols is 2. The highest BCUT2D eigenvalue weighted by molar-refractivity contribution is 7.14. The van der Waals surface area contributed by atoms with Gasteiger partial charge in [0.25, 0.3) is 0 Å². The number of aromatic amines is 1. The van der Waals surface area contributed by atoms with Crippen LogP contribution in [0.3, 0.4) is 0 Å². The van der Waals surface area contributed by atoms with Gasteiger partial charge in [-0.1, -0.05) is 35.3 Å². The van der Waals surface area contributed by atoms with Crippen LogP contribution in [-0.2, 0) is 22.4 Å². The zero-order valence-electron chi connectivity index (χ0n) is 26.9. The first-order valence-electron chi connectivity index (χ1n) is 15.7. The third-order valence-corrected chi connectivity index (χ3v) is 10.6. The van der Waals surface area contributed by atoms with Crippen LogP contribution < -0.4 is 19.4 Å². The van der Waals surface area contributed by atoms with Crippen LogP contribution >= 0.6 is 34.5 Å². The van der Waals surface area contributed by atoms with Gasteiger partial charge in [-0.25, -0.2) is 14.6 Å². The molecule has 0 unspecified atom stereocenters. The fourth-order valence-corrected chi connectivity index (χ4v) is 7.73. The Morgan fingerprint density at radius 3 is 2.33 bits per heavy atom. The van der Waals surface area contributed by atoms with Gasteiger partial charge in [0.1, 0.15) is 44.3 Å². The van der Waals surface area contributed by atoms with Crippen molar-refractivity contribution < 1.29 is 43.7 Å². The molecule has 0 radical (unpaired) electrons. The number of nitrogens with one attached hydrogen (secondary N) is 1. The van der Waals surface area contributed by atoms with Gasteiger partial charge >= 0.3 is 12.1 Å². The third-order valence-electron chi connectivity index (χ3n) is 8.92. The van der Waals surface area contributed by atoms with Crippen LogP contribution in [-0.4, -0.2) is 67.1 Å². The van der Waals surface area contributed by atoms with Crippen molar-refractivity contribution in [3.8, 4) is 23.0 Å². The molecule has 2 aromatic heterocycles. The van der Waals surface area contributed by atoms with Crippen molar-refractivity contribution in [1.29, 1.82) is 0 Å². The normalized spacial score (nSPS) is 18.8. The molecule has 3 aliphatic rings. The molecule has 258 valence electrons. The maximum absolute atomic E-state index is 13.7. The number of amides is 1. The number of benzene rings is 2.